The number of pyridine rings is 1. The van der Waals surface area contributed by atoms with E-state index >= 15 is 0 Å². The Balaban J connectivity index is 1.79. The summed E-state index contributed by atoms with van der Waals surface area (Å²) in [4.78, 5) is 19.6. The molecule has 1 unspecified atom stereocenters. The van der Waals surface area contributed by atoms with Gasteiger partial charge in [0, 0.05) is 30.6 Å². The largest absolute Gasteiger partial charge is 0.497 e. The molecule has 0 fully saturated rings. The van der Waals surface area contributed by atoms with Crippen molar-refractivity contribution in [3.63, 3.8) is 0 Å². The summed E-state index contributed by atoms with van der Waals surface area (Å²) >= 11 is 0. The molecule has 0 saturated carbocycles. The molecule has 142 valence electrons. The average Bonchev–Trinajstić information content (AvgIpc) is 2.77. The van der Waals surface area contributed by atoms with Gasteiger partial charge in [0.15, 0.2) is 0 Å². The Bertz CT molecular complexity index is 966. The quantitative estimate of drug-likeness (QED) is 0.695. The van der Waals surface area contributed by atoms with Gasteiger partial charge in [-0.2, -0.15) is 0 Å². The van der Waals surface area contributed by atoms with Crippen molar-refractivity contribution < 1.29 is 14.3 Å². The second kappa shape index (κ2) is 7.72. The van der Waals surface area contributed by atoms with Crippen LogP contribution in [0.5, 0.6) is 11.5 Å². The van der Waals surface area contributed by atoms with Gasteiger partial charge in [0.1, 0.15) is 11.5 Å². The van der Waals surface area contributed by atoms with Crippen LogP contribution in [0.1, 0.15) is 33.1 Å². The summed E-state index contributed by atoms with van der Waals surface area (Å²) in [6.07, 6.45) is 4.36. The molecule has 0 N–H and O–H groups in total. The van der Waals surface area contributed by atoms with Gasteiger partial charge in [-0.25, -0.2) is 0 Å². The van der Waals surface area contributed by atoms with E-state index in [1.165, 1.54) is 5.56 Å². The van der Waals surface area contributed by atoms with Crippen LogP contribution in [-0.2, 0) is 6.42 Å². The highest BCUT2D eigenvalue weighted by atomic mass is 16.5. The molecule has 2 aromatic carbocycles. The maximum absolute atomic E-state index is 13.5. The zero-order valence-electron chi connectivity index (χ0n) is 16.0. The number of aromatic nitrogens is 1. The second-order valence-corrected chi connectivity index (χ2v) is 6.73. The highest BCUT2D eigenvalue weighted by Crippen LogP contribution is 2.36. The lowest BCUT2D eigenvalue weighted by atomic mass is 9.88. The molecule has 3 aromatic rings. The fraction of sp³-hybridized carbons (Fsp3) is 0.217. The molecule has 28 heavy (non-hydrogen) atoms. The van der Waals surface area contributed by atoms with Crippen LogP contribution < -0.4 is 9.47 Å². The zero-order valence-corrected chi connectivity index (χ0v) is 16.0. The Morgan fingerprint density at radius 3 is 2.36 bits per heavy atom. The monoisotopic (exact) mass is 374 g/mol. The van der Waals surface area contributed by atoms with E-state index in [9.17, 15) is 4.79 Å². The van der Waals surface area contributed by atoms with Gasteiger partial charge in [-0.1, -0.05) is 24.3 Å². The van der Waals surface area contributed by atoms with Gasteiger partial charge >= 0.3 is 0 Å². The van der Waals surface area contributed by atoms with Crippen LogP contribution in [0, 0.1) is 0 Å². The molecule has 5 nitrogen and oxygen atoms in total. The molecule has 0 bridgehead atoms. The molecule has 0 aliphatic carbocycles. The molecule has 0 spiro atoms. The minimum absolute atomic E-state index is 0.0477. The van der Waals surface area contributed by atoms with Gasteiger partial charge in [-0.05, 0) is 47.4 Å². The second-order valence-electron chi connectivity index (χ2n) is 6.73. The van der Waals surface area contributed by atoms with Crippen molar-refractivity contribution in [2.24, 2.45) is 0 Å². The highest BCUT2D eigenvalue weighted by Gasteiger charge is 2.32. The van der Waals surface area contributed by atoms with Crippen molar-refractivity contribution in [1.82, 2.24) is 9.88 Å². The van der Waals surface area contributed by atoms with Crippen LogP contribution in [0.4, 0.5) is 0 Å². The fourth-order valence-electron chi connectivity index (χ4n) is 3.79. The lowest BCUT2D eigenvalue weighted by molar-refractivity contribution is 0.0693. The minimum Gasteiger partial charge on any atom is -0.497 e. The van der Waals surface area contributed by atoms with Crippen molar-refractivity contribution in [2.75, 3.05) is 20.8 Å². The summed E-state index contributed by atoms with van der Waals surface area (Å²) in [7, 11) is 3.17. The SMILES string of the molecule is COc1cc(OC)cc(C(=O)N2CCc3ccccc3C2c2ccncc2)c1. The molecule has 1 aliphatic rings. The van der Waals surface area contributed by atoms with Gasteiger partial charge in [0.05, 0.1) is 20.3 Å². The van der Waals surface area contributed by atoms with Crippen molar-refractivity contribution in [3.8, 4) is 11.5 Å². The third kappa shape index (κ3) is 3.31. The number of hydrogen-bond donors (Lipinski definition) is 0. The smallest absolute Gasteiger partial charge is 0.254 e. The number of rotatable bonds is 4. The predicted molar refractivity (Wildman–Crippen MR) is 107 cm³/mol. The van der Waals surface area contributed by atoms with E-state index in [-0.39, 0.29) is 11.9 Å². The molecule has 0 radical (unpaired) electrons. The van der Waals surface area contributed by atoms with E-state index in [0.717, 1.165) is 17.5 Å². The molecule has 5 heteroatoms. The first-order chi connectivity index (χ1) is 13.7. The lowest BCUT2D eigenvalue weighted by Gasteiger charge is -2.38. The van der Waals surface area contributed by atoms with E-state index < -0.39 is 0 Å². The normalized spacial score (nSPS) is 15.6. The first-order valence-electron chi connectivity index (χ1n) is 9.23. The number of hydrogen-bond acceptors (Lipinski definition) is 4. The van der Waals surface area contributed by atoms with Gasteiger partial charge < -0.3 is 14.4 Å². The summed E-state index contributed by atoms with van der Waals surface area (Å²) in [6.45, 7) is 0.641. The molecule has 1 aliphatic heterocycles. The Kier molecular flexibility index (Phi) is 4.98. The van der Waals surface area contributed by atoms with Crippen molar-refractivity contribution in [2.45, 2.75) is 12.5 Å². The molecule has 0 saturated heterocycles. The number of carbonyl (C=O) groups is 1. The predicted octanol–water partition coefficient (Wildman–Crippen LogP) is 3.89. The highest BCUT2D eigenvalue weighted by molar-refractivity contribution is 5.96. The van der Waals surface area contributed by atoms with Crippen LogP contribution in [0.15, 0.2) is 67.0 Å². The standard InChI is InChI=1S/C23H22N2O3/c1-27-19-13-18(14-20(15-19)28-2)23(26)25-12-9-16-5-3-4-6-21(16)22(25)17-7-10-24-11-8-17/h3-8,10-11,13-15,22H,9,12H2,1-2H3. The molecule has 1 amide bonds. The first kappa shape index (κ1) is 18.0. The minimum atomic E-state index is -0.155. The van der Waals surface area contributed by atoms with Gasteiger partial charge in [-0.3, -0.25) is 9.78 Å². The maximum Gasteiger partial charge on any atom is 0.254 e. The van der Waals surface area contributed by atoms with Gasteiger partial charge in [-0.15, -0.1) is 0 Å². The number of ether oxygens (including phenoxy) is 2. The molecular weight excluding hydrogens is 352 g/mol. The number of carbonyl (C=O) groups excluding carboxylic acids is 1. The number of fused-ring (bicyclic) bond motifs is 1. The van der Waals surface area contributed by atoms with E-state index in [2.05, 4.69) is 17.1 Å². The van der Waals surface area contributed by atoms with Crippen molar-refractivity contribution in [3.05, 3.63) is 89.2 Å². The fourth-order valence-corrected chi connectivity index (χ4v) is 3.79. The Morgan fingerprint density at radius 1 is 1.00 bits per heavy atom. The van der Waals surface area contributed by atoms with Gasteiger partial charge in [0.2, 0.25) is 0 Å². The lowest BCUT2D eigenvalue weighted by Crippen LogP contribution is -2.40. The number of methoxy groups -OCH3 is 2. The van der Waals surface area contributed by atoms with E-state index in [0.29, 0.717) is 23.6 Å². The topological polar surface area (TPSA) is 51.7 Å². The Hall–Kier alpha value is -3.34. The third-order valence-corrected chi connectivity index (χ3v) is 5.16. The summed E-state index contributed by atoms with van der Waals surface area (Å²) in [5.74, 6) is 1.15. The average molecular weight is 374 g/mol. The van der Waals surface area contributed by atoms with Crippen LogP contribution in [0.25, 0.3) is 0 Å². The molecular formula is C23H22N2O3. The zero-order chi connectivity index (χ0) is 19.5. The molecule has 1 aromatic heterocycles. The van der Waals surface area contributed by atoms with E-state index in [4.69, 9.17) is 9.47 Å². The Morgan fingerprint density at radius 2 is 1.68 bits per heavy atom. The molecule has 4 rings (SSSR count). The van der Waals surface area contributed by atoms with E-state index in [1.54, 1.807) is 44.8 Å². The van der Waals surface area contributed by atoms with Crippen LogP contribution in [-0.4, -0.2) is 36.6 Å². The van der Waals surface area contributed by atoms with Crippen LogP contribution in [0.2, 0.25) is 0 Å². The summed E-state index contributed by atoms with van der Waals surface area (Å²) < 4.78 is 10.7. The molecule has 2 heterocycles. The number of amides is 1. The summed E-state index contributed by atoms with van der Waals surface area (Å²) in [5, 5.41) is 0. The third-order valence-electron chi connectivity index (χ3n) is 5.16. The maximum atomic E-state index is 13.5. The first-order valence-corrected chi connectivity index (χ1v) is 9.23. The van der Waals surface area contributed by atoms with Gasteiger partial charge in [0.25, 0.3) is 5.91 Å². The molecule has 1 atom stereocenters. The van der Waals surface area contributed by atoms with E-state index in [1.807, 2.05) is 29.2 Å². The van der Waals surface area contributed by atoms with Crippen LogP contribution >= 0.6 is 0 Å². The summed E-state index contributed by atoms with van der Waals surface area (Å²) in [5.41, 5.74) is 4.03. The van der Waals surface area contributed by atoms with Crippen LogP contribution in [0.3, 0.4) is 0 Å². The van der Waals surface area contributed by atoms with Crippen molar-refractivity contribution >= 4 is 5.91 Å². The Labute approximate surface area is 164 Å². The van der Waals surface area contributed by atoms with Crippen molar-refractivity contribution in [1.29, 1.82) is 0 Å². The summed E-state index contributed by atoms with van der Waals surface area (Å²) in [6, 6.07) is 17.4. The number of nitrogens with zero attached hydrogens (tertiary/aromatic N) is 2. The number of benzene rings is 2.